The molecule has 2 aliphatic heterocycles. The van der Waals surface area contributed by atoms with E-state index in [2.05, 4.69) is 22.1 Å². The molecule has 2 aromatic carbocycles. The molecule has 3 aromatic rings. The summed E-state index contributed by atoms with van der Waals surface area (Å²) in [6.07, 6.45) is 0.747. The smallest absolute Gasteiger partial charge is 0.251 e. The highest BCUT2D eigenvalue weighted by Crippen LogP contribution is 2.34. The van der Waals surface area contributed by atoms with Gasteiger partial charge >= 0.3 is 0 Å². The van der Waals surface area contributed by atoms with Crippen LogP contribution in [0.15, 0.2) is 48.5 Å². The number of nitrogens with one attached hydrogen (secondary N) is 1. The number of anilines is 1. The monoisotopic (exact) mass is 446 g/mol. The van der Waals surface area contributed by atoms with Crippen molar-refractivity contribution in [1.29, 1.82) is 0 Å². The lowest BCUT2D eigenvalue weighted by Crippen LogP contribution is -2.39. The minimum Gasteiger partial charge on any atom is -0.383 e. The van der Waals surface area contributed by atoms with Crippen LogP contribution in [0.4, 0.5) is 10.2 Å². The molecule has 33 heavy (non-hydrogen) atoms. The van der Waals surface area contributed by atoms with Crippen molar-refractivity contribution in [2.75, 3.05) is 38.6 Å². The molecule has 0 saturated carbocycles. The third-order valence-corrected chi connectivity index (χ3v) is 6.60. The normalized spacial score (nSPS) is 18.6. The summed E-state index contributed by atoms with van der Waals surface area (Å²) in [6.45, 7) is 6.03. The standard InChI is InChI=1S/C26H27FN4O2/c1-2-31-11-12-33-15-23(31)17-5-3-16(4-6-17)21-14-22(25(28)30-24(21)27)18-7-8-20-19(13-18)9-10-29-26(20)32/h3-8,13-14,23H,2,9-12,15H2,1H3,(H2,28,30)(H,29,32). The lowest BCUT2D eigenvalue weighted by atomic mass is 9.93. The van der Waals surface area contributed by atoms with Crippen molar-refractivity contribution in [2.45, 2.75) is 19.4 Å². The molecular weight excluding hydrogens is 419 g/mol. The number of fused-ring (bicyclic) bond motifs is 1. The van der Waals surface area contributed by atoms with Crippen molar-refractivity contribution in [3.05, 3.63) is 71.2 Å². The van der Waals surface area contributed by atoms with Crippen LogP contribution in [0.5, 0.6) is 0 Å². The average molecular weight is 447 g/mol. The summed E-state index contributed by atoms with van der Waals surface area (Å²) in [6, 6.07) is 15.5. The quantitative estimate of drug-likeness (QED) is 0.596. The highest BCUT2D eigenvalue weighted by atomic mass is 19.1. The van der Waals surface area contributed by atoms with Gasteiger partial charge in [0.2, 0.25) is 5.95 Å². The Kier molecular flexibility index (Phi) is 5.83. The molecule has 3 heterocycles. The van der Waals surface area contributed by atoms with Gasteiger partial charge in [-0.05, 0) is 47.4 Å². The molecule has 3 N–H and O–H groups in total. The second-order valence-corrected chi connectivity index (χ2v) is 8.48. The van der Waals surface area contributed by atoms with Crippen molar-refractivity contribution in [3.8, 4) is 22.3 Å². The molecule has 170 valence electrons. The number of rotatable bonds is 4. The van der Waals surface area contributed by atoms with E-state index in [1.807, 2.05) is 36.4 Å². The van der Waals surface area contributed by atoms with Crippen molar-refractivity contribution < 1.29 is 13.9 Å². The Morgan fingerprint density at radius 2 is 1.91 bits per heavy atom. The zero-order valence-corrected chi connectivity index (χ0v) is 18.6. The van der Waals surface area contributed by atoms with Gasteiger partial charge in [-0.25, -0.2) is 4.98 Å². The Balaban J connectivity index is 1.49. The van der Waals surface area contributed by atoms with E-state index in [0.717, 1.165) is 48.4 Å². The molecule has 0 bridgehead atoms. The van der Waals surface area contributed by atoms with E-state index in [9.17, 15) is 9.18 Å². The van der Waals surface area contributed by atoms with Crippen molar-refractivity contribution in [1.82, 2.24) is 15.2 Å². The Morgan fingerprint density at radius 1 is 1.12 bits per heavy atom. The fraction of sp³-hybridized carbons (Fsp3) is 0.308. The molecule has 0 radical (unpaired) electrons. The van der Waals surface area contributed by atoms with Gasteiger partial charge in [-0.1, -0.05) is 43.3 Å². The SMILES string of the molecule is CCN1CCOCC1c1ccc(-c2cc(-c3ccc4c(c3)CCNC4=O)c(N)nc2F)cc1. The highest BCUT2D eigenvalue weighted by molar-refractivity contribution is 5.97. The second kappa shape index (κ2) is 8.92. The number of pyridine rings is 1. The number of hydrogen-bond acceptors (Lipinski definition) is 5. The summed E-state index contributed by atoms with van der Waals surface area (Å²) in [5.74, 6) is -0.540. The molecule has 1 saturated heterocycles. The van der Waals surface area contributed by atoms with E-state index in [-0.39, 0.29) is 17.8 Å². The van der Waals surface area contributed by atoms with E-state index in [4.69, 9.17) is 10.5 Å². The first-order valence-corrected chi connectivity index (χ1v) is 11.3. The number of aromatic nitrogens is 1. The zero-order valence-electron chi connectivity index (χ0n) is 18.6. The van der Waals surface area contributed by atoms with Gasteiger partial charge in [0.15, 0.2) is 0 Å². The fourth-order valence-corrected chi connectivity index (χ4v) is 4.74. The molecule has 1 fully saturated rings. The van der Waals surface area contributed by atoms with E-state index >= 15 is 0 Å². The van der Waals surface area contributed by atoms with Crippen molar-refractivity contribution in [2.24, 2.45) is 0 Å². The molecule has 0 aliphatic carbocycles. The van der Waals surface area contributed by atoms with Gasteiger partial charge < -0.3 is 15.8 Å². The van der Waals surface area contributed by atoms with Crippen LogP contribution in [0.25, 0.3) is 22.3 Å². The first-order valence-electron chi connectivity index (χ1n) is 11.3. The topological polar surface area (TPSA) is 80.5 Å². The molecule has 7 heteroatoms. The third kappa shape index (κ3) is 4.10. The van der Waals surface area contributed by atoms with E-state index in [0.29, 0.717) is 29.8 Å². The number of morpholine rings is 1. The van der Waals surface area contributed by atoms with E-state index in [1.54, 1.807) is 12.1 Å². The number of carbonyl (C=O) groups is 1. The highest BCUT2D eigenvalue weighted by Gasteiger charge is 2.23. The maximum Gasteiger partial charge on any atom is 0.251 e. The van der Waals surface area contributed by atoms with Crippen molar-refractivity contribution in [3.63, 3.8) is 0 Å². The Hall–Kier alpha value is -3.29. The van der Waals surface area contributed by atoms with Crippen LogP contribution in [-0.2, 0) is 11.2 Å². The molecule has 1 atom stereocenters. The van der Waals surface area contributed by atoms with Gasteiger partial charge in [-0.3, -0.25) is 9.69 Å². The summed E-state index contributed by atoms with van der Waals surface area (Å²) in [5.41, 5.74) is 11.5. The summed E-state index contributed by atoms with van der Waals surface area (Å²) >= 11 is 0. The van der Waals surface area contributed by atoms with Crippen LogP contribution in [-0.4, -0.2) is 48.6 Å². The minimum absolute atomic E-state index is 0.0706. The number of halogens is 1. The fourth-order valence-electron chi connectivity index (χ4n) is 4.74. The maximum absolute atomic E-state index is 14.9. The third-order valence-electron chi connectivity index (χ3n) is 6.60. The van der Waals surface area contributed by atoms with Crippen LogP contribution in [0.1, 0.15) is 34.5 Å². The Bertz CT molecular complexity index is 1200. The Morgan fingerprint density at radius 3 is 2.70 bits per heavy atom. The predicted molar refractivity (Wildman–Crippen MR) is 126 cm³/mol. The molecular formula is C26H27FN4O2. The van der Waals surface area contributed by atoms with Crippen LogP contribution in [0.3, 0.4) is 0 Å². The molecule has 5 rings (SSSR count). The summed E-state index contributed by atoms with van der Waals surface area (Å²) < 4.78 is 20.5. The number of nitrogen functional groups attached to an aromatic ring is 1. The van der Waals surface area contributed by atoms with E-state index in [1.165, 1.54) is 0 Å². The number of amides is 1. The van der Waals surface area contributed by atoms with Crippen LogP contribution >= 0.6 is 0 Å². The van der Waals surface area contributed by atoms with E-state index < -0.39 is 5.95 Å². The summed E-state index contributed by atoms with van der Waals surface area (Å²) in [4.78, 5) is 18.4. The zero-order chi connectivity index (χ0) is 22.9. The first-order chi connectivity index (χ1) is 16.0. The van der Waals surface area contributed by atoms with Gasteiger partial charge in [0.05, 0.1) is 19.3 Å². The molecule has 2 aliphatic rings. The summed E-state index contributed by atoms with van der Waals surface area (Å²) in [5, 5.41) is 2.85. The van der Waals surface area contributed by atoms with Crippen LogP contribution in [0, 0.1) is 5.95 Å². The van der Waals surface area contributed by atoms with Gasteiger partial charge in [0, 0.05) is 29.8 Å². The maximum atomic E-state index is 14.9. The number of ether oxygens (including phenoxy) is 1. The van der Waals surface area contributed by atoms with Gasteiger partial charge in [-0.2, -0.15) is 4.39 Å². The number of benzene rings is 2. The van der Waals surface area contributed by atoms with Gasteiger partial charge in [0.25, 0.3) is 5.91 Å². The molecule has 0 spiro atoms. The molecule has 1 amide bonds. The number of nitrogens with zero attached hydrogens (tertiary/aromatic N) is 2. The van der Waals surface area contributed by atoms with Crippen molar-refractivity contribution >= 4 is 11.7 Å². The predicted octanol–water partition coefficient (Wildman–Crippen LogP) is 3.82. The lowest BCUT2D eigenvalue weighted by molar-refractivity contribution is -0.00574. The minimum atomic E-state index is -0.600. The van der Waals surface area contributed by atoms with Crippen LogP contribution < -0.4 is 11.1 Å². The summed E-state index contributed by atoms with van der Waals surface area (Å²) in [7, 11) is 0. The molecule has 1 aromatic heterocycles. The van der Waals surface area contributed by atoms with Gasteiger partial charge in [-0.15, -0.1) is 0 Å². The average Bonchev–Trinajstić information content (AvgIpc) is 2.84. The number of nitrogens with two attached hydrogens (primary N) is 1. The number of likely N-dealkylation sites (N-methyl/N-ethyl adjacent to an activating group) is 1. The van der Waals surface area contributed by atoms with Crippen LogP contribution in [0.2, 0.25) is 0 Å². The number of carbonyl (C=O) groups excluding carboxylic acids is 1. The Labute approximate surface area is 192 Å². The first kappa shape index (κ1) is 21.6. The lowest BCUT2D eigenvalue weighted by Gasteiger charge is -2.35. The largest absolute Gasteiger partial charge is 0.383 e. The van der Waals surface area contributed by atoms with Gasteiger partial charge in [0.1, 0.15) is 5.82 Å². The molecule has 6 nitrogen and oxygen atoms in total. The number of hydrogen-bond donors (Lipinski definition) is 2. The molecule has 1 unspecified atom stereocenters. The second-order valence-electron chi connectivity index (χ2n) is 8.48.